The summed E-state index contributed by atoms with van der Waals surface area (Å²) in [4.78, 5) is 0.387. The van der Waals surface area contributed by atoms with E-state index in [-0.39, 0.29) is 6.04 Å². The SMILES string of the molecule is CCCC1CCCCN1S(=O)(=O)c1ccccc1Br. The Morgan fingerprint density at radius 2 is 2.05 bits per heavy atom. The number of benzene rings is 1. The van der Waals surface area contributed by atoms with Crippen molar-refractivity contribution in [2.75, 3.05) is 6.54 Å². The summed E-state index contributed by atoms with van der Waals surface area (Å²) in [6.45, 7) is 2.76. The van der Waals surface area contributed by atoms with Crippen LogP contribution >= 0.6 is 15.9 Å². The van der Waals surface area contributed by atoms with E-state index in [1.807, 2.05) is 6.07 Å². The maximum absolute atomic E-state index is 12.8. The van der Waals surface area contributed by atoms with Crippen LogP contribution in [0.15, 0.2) is 33.6 Å². The van der Waals surface area contributed by atoms with Crippen molar-refractivity contribution in [3.63, 3.8) is 0 Å². The van der Waals surface area contributed by atoms with E-state index in [0.29, 0.717) is 15.9 Å². The van der Waals surface area contributed by atoms with Crippen LogP contribution in [0, 0.1) is 0 Å². The largest absolute Gasteiger partial charge is 0.244 e. The Morgan fingerprint density at radius 1 is 1.32 bits per heavy atom. The van der Waals surface area contributed by atoms with E-state index in [2.05, 4.69) is 22.9 Å². The van der Waals surface area contributed by atoms with Crippen molar-refractivity contribution in [2.45, 2.75) is 50.0 Å². The Labute approximate surface area is 124 Å². The first-order chi connectivity index (χ1) is 9.07. The highest BCUT2D eigenvalue weighted by Crippen LogP contribution is 2.30. The van der Waals surface area contributed by atoms with E-state index in [1.165, 1.54) is 0 Å². The zero-order chi connectivity index (χ0) is 13.9. The monoisotopic (exact) mass is 345 g/mol. The number of sulfonamides is 1. The highest BCUT2D eigenvalue weighted by atomic mass is 79.9. The Hall–Kier alpha value is -0.390. The third kappa shape index (κ3) is 3.20. The van der Waals surface area contributed by atoms with Crippen molar-refractivity contribution >= 4 is 26.0 Å². The molecule has 19 heavy (non-hydrogen) atoms. The van der Waals surface area contributed by atoms with E-state index in [0.717, 1.165) is 32.1 Å². The Kier molecular flexibility index (Phi) is 5.03. The molecule has 1 aliphatic heterocycles. The summed E-state index contributed by atoms with van der Waals surface area (Å²) in [6.07, 6.45) is 5.05. The molecular weight excluding hydrogens is 326 g/mol. The van der Waals surface area contributed by atoms with Crippen molar-refractivity contribution in [3.8, 4) is 0 Å². The number of rotatable bonds is 4. The first-order valence-corrected chi connectivity index (χ1v) is 9.07. The molecule has 2 rings (SSSR count). The van der Waals surface area contributed by atoms with Gasteiger partial charge in [-0.1, -0.05) is 31.9 Å². The molecule has 3 nitrogen and oxygen atoms in total. The van der Waals surface area contributed by atoms with E-state index in [1.54, 1.807) is 22.5 Å². The van der Waals surface area contributed by atoms with Gasteiger partial charge in [-0.2, -0.15) is 4.31 Å². The summed E-state index contributed by atoms with van der Waals surface area (Å²) in [5, 5.41) is 0. The molecule has 0 spiro atoms. The van der Waals surface area contributed by atoms with Gasteiger partial charge < -0.3 is 0 Å². The topological polar surface area (TPSA) is 37.4 Å². The summed E-state index contributed by atoms with van der Waals surface area (Å²) in [6, 6.07) is 7.23. The average molecular weight is 346 g/mol. The van der Waals surface area contributed by atoms with Gasteiger partial charge in [-0.25, -0.2) is 8.42 Å². The number of piperidine rings is 1. The van der Waals surface area contributed by atoms with Crippen LogP contribution in [0.2, 0.25) is 0 Å². The molecule has 0 amide bonds. The molecule has 0 aromatic heterocycles. The van der Waals surface area contributed by atoms with Crippen LogP contribution in [-0.2, 0) is 10.0 Å². The molecule has 0 bridgehead atoms. The predicted molar refractivity (Wildman–Crippen MR) is 80.6 cm³/mol. The second kappa shape index (κ2) is 6.37. The van der Waals surface area contributed by atoms with Crippen molar-refractivity contribution in [1.82, 2.24) is 4.31 Å². The van der Waals surface area contributed by atoms with Crippen LogP contribution < -0.4 is 0 Å². The fourth-order valence-electron chi connectivity index (χ4n) is 2.69. The number of hydrogen-bond acceptors (Lipinski definition) is 2. The fourth-order valence-corrected chi connectivity index (χ4v) is 5.38. The van der Waals surface area contributed by atoms with Crippen molar-refractivity contribution in [2.24, 2.45) is 0 Å². The summed E-state index contributed by atoms with van der Waals surface area (Å²) in [7, 11) is -3.38. The fraction of sp³-hybridized carbons (Fsp3) is 0.571. The second-order valence-corrected chi connectivity index (χ2v) is 7.70. The van der Waals surface area contributed by atoms with E-state index in [9.17, 15) is 8.42 Å². The smallest absolute Gasteiger partial charge is 0.207 e. The minimum Gasteiger partial charge on any atom is -0.207 e. The molecule has 0 saturated carbocycles. The molecule has 1 unspecified atom stereocenters. The number of halogens is 1. The molecule has 1 aliphatic rings. The molecule has 1 heterocycles. The molecular formula is C14H20BrNO2S. The highest BCUT2D eigenvalue weighted by Gasteiger charge is 2.33. The lowest BCUT2D eigenvalue weighted by molar-refractivity contribution is 0.239. The Bertz CT molecular complexity index is 528. The average Bonchev–Trinajstić information content (AvgIpc) is 2.40. The zero-order valence-corrected chi connectivity index (χ0v) is 13.6. The van der Waals surface area contributed by atoms with Crippen molar-refractivity contribution < 1.29 is 8.42 Å². The lowest BCUT2D eigenvalue weighted by Gasteiger charge is -2.34. The van der Waals surface area contributed by atoms with Gasteiger partial charge in [0.2, 0.25) is 10.0 Å². The van der Waals surface area contributed by atoms with E-state index in [4.69, 9.17) is 0 Å². The van der Waals surface area contributed by atoms with Crippen molar-refractivity contribution in [1.29, 1.82) is 0 Å². The van der Waals surface area contributed by atoms with Gasteiger partial charge in [0, 0.05) is 17.1 Å². The van der Waals surface area contributed by atoms with Gasteiger partial charge in [0.25, 0.3) is 0 Å². The van der Waals surface area contributed by atoms with Crippen LogP contribution in [0.4, 0.5) is 0 Å². The molecule has 1 aromatic rings. The summed E-state index contributed by atoms with van der Waals surface area (Å²) < 4.78 is 27.9. The summed E-state index contributed by atoms with van der Waals surface area (Å²) >= 11 is 3.35. The first-order valence-electron chi connectivity index (χ1n) is 6.83. The molecule has 1 atom stereocenters. The normalized spacial score (nSPS) is 21.5. The summed E-state index contributed by atoms with van der Waals surface area (Å²) in [5.74, 6) is 0. The van der Waals surface area contributed by atoms with Gasteiger partial charge in [0.1, 0.15) is 0 Å². The second-order valence-electron chi connectivity index (χ2n) is 4.98. The number of nitrogens with zero attached hydrogens (tertiary/aromatic N) is 1. The maximum Gasteiger partial charge on any atom is 0.244 e. The molecule has 0 N–H and O–H groups in total. The van der Waals surface area contributed by atoms with Crippen LogP contribution in [-0.4, -0.2) is 25.3 Å². The zero-order valence-electron chi connectivity index (χ0n) is 11.2. The van der Waals surface area contributed by atoms with E-state index < -0.39 is 10.0 Å². The molecule has 5 heteroatoms. The minimum atomic E-state index is -3.38. The third-order valence-corrected chi connectivity index (χ3v) is 6.58. The predicted octanol–water partition coefficient (Wildman–Crippen LogP) is 3.79. The molecule has 106 valence electrons. The molecule has 0 aliphatic carbocycles. The van der Waals surface area contributed by atoms with Gasteiger partial charge >= 0.3 is 0 Å². The molecule has 1 saturated heterocycles. The quantitative estimate of drug-likeness (QED) is 0.832. The molecule has 1 aromatic carbocycles. The standard InChI is InChI=1S/C14H20BrNO2S/c1-2-7-12-8-5-6-11-16(12)19(17,18)14-10-4-3-9-13(14)15/h3-4,9-10,12H,2,5-8,11H2,1H3. The van der Waals surface area contributed by atoms with Crippen LogP contribution in [0.5, 0.6) is 0 Å². The third-order valence-electron chi connectivity index (χ3n) is 3.62. The Balaban J connectivity index is 2.35. The number of hydrogen-bond donors (Lipinski definition) is 0. The van der Waals surface area contributed by atoms with Gasteiger partial charge in [-0.3, -0.25) is 0 Å². The lowest BCUT2D eigenvalue weighted by atomic mass is 10.0. The van der Waals surface area contributed by atoms with Crippen LogP contribution in [0.3, 0.4) is 0 Å². The first kappa shape index (κ1) is 15.0. The van der Waals surface area contributed by atoms with Gasteiger partial charge in [0.15, 0.2) is 0 Å². The van der Waals surface area contributed by atoms with Gasteiger partial charge in [-0.15, -0.1) is 0 Å². The van der Waals surface area contributed by atoms with Gasteiger partial charge in [0.05, 0.1) is 4.90 Å². The maximum atomic E-state index is 12.8. The van der Waals surface area contributed by atoms with E-state index >= 15 is 0 Å². The van der Waals surface area contributed by atoms with Crippen LogP contribution in [0.25, 0.3) is 0 Å². The lowest BCUT2D eigenvalue weighted by Crippen LogP contribution is -2.43. The van der Waals surface area contributed by atoms with Gasteiger partial charge in [-0.05, 0) is 47.3 Å². The highest BCUT2D eigenvalue weighted by molar-refractivity contribution is 9.10. The van der Waals surface area contributed by atoms with Crippen molar-refractivity contribution in [3.05, 3.63) is 28.7 Å². The Morgan fingerprint density at radius 3 is 2.74 bits per heavy atom. The summed E-state index contributed by atoms with van der Waals surface area (Å²) in [5.41, 5.74) is 0. The molecule has 0 radical (unpaired) electrons. The molecule has 1 fully saturated rings. The van der Waals surface area contributed by atoms with Crippen LogP contribution in [0.1, 0.15) is 39.0 Å². The minimum absolute atomic E-state index is 0.163.